The van der Waals surface area contributed by atoms with Gasteiger partial charge in [-0.25, -0.2) is 0 Å². The number of benzene rings is 2. The summed E-state index contributed by atoms with van der Waals surface area (Å²) in [5.41, 5.74) is 2.33. The molecule has 0 bridgehead atoms. The summed E-state index contributed by atoms with van der Waals surface area (Å²) in [6.45, 7) is 0. The Bertz CT molecular complexity index is 967. The van der Waals surface area contributed by atoms with E-state index >= 15 is 0 Å². The number of nitrogens with zero attached hydrogens (tertiary/aromatic N) is 3. The maximum absolute atomic E-state index is 6.21. The highest BCUT2D eigenvalue weighted by Crippen LogP contribution is 2.33. The van der Waals surface area contributed by atoms with Crippen LogP contribution in [0.5, 0.6) is 0 Å². The van der Waals surface area contributed by atoms with Crippen molar-refractivity contribution in [1.29, 1.82) is 0 Å². The number of rotatable bonds is 3. The van der Waals surface area contributed by atoms with E-state index in [0.29, 0.717) is 16.4 Å². The molecule has 2 aromatic carbocycles. The Labute approximate surface area is 134 Å². The molecule has 0 aliphatic carbocycles. The van der Waals surface area contributed by atoms with E-state index in [0.717, 1.165) is 21.3 Å². The van der Waals surface area contributed by atoms with E-state index in [1.165, 1.54) is 11.9 Å². The minimum atomic E-state index is 0.589. The molecule has 22 heavy (non-hydrogen) atoms. The van der Waals surface area contributed by atoms with Gasteiger partial charge in [0, 0.05) is 12.4 Å². The third-order valence-corrected chi connectivity index (χ3v) is 4.33. The molecular formula is C15H9ClN4OS. The van der Waals surface area contributed by atoms with Crippen molar-refractivity contribution in [3.8, 4) is 0 Å². The van der Waals surface area contributed by atoms with Gasteiger partial charge in [0.15, 0.2) is 11.4 Å². The summed E-state index contributed by atoms with van der Waals surface area (Å²) in [5.74, 6) is 0.589. The van der Waals surface area contributed by atoms with Gasteiger partial charge < -0.3 is 9.25 Å². The lowest BCUT2D eigenvalue weighted by Gasteiger charge is -2.05. The summed E-state index contributed by atoms with van der Waals surface area (Å²) < 4.78 is 8.44. The summed E-state index contributed by atoms with van der Waals surface area (Å²) in [6, 6.07) is 11.3. The summed E-state index contributed by atoms with van der Waals surface area (Å²) >= 11 is 7.61. The summed E-state index contributed by atoms with van der Waals surface area (Å²) in [6.07, 6.45) is 3.35. The predicted octanol–water partition coefficient (Wildman–Crippen LogP) is 4.54. The van der Waals surface area contributed by atoms with E-state index in [2.05, 4.69) is 19.8 Å². The van der Waals surface area contributed by atoms with Crippen LogP contribution in [0.25, 0.3) is 22.0 Å². The highest BCUT2D eigenvalue weighted by Gasteiger charge is 2.12. The molecule has 0 amide bonds. The smallest absolute Gasteiger partial charge is 0.189 e. The van der Waals surface area contributed by atoms with Gasteiger partial charge in [0.2, 0.25) is 0 Å². The topological polar surface area (TPSA) is 63.8 Å². The first-order chi connectivity index (χ1) is 10.8. The molecule has 2 heterocycles. The molecule has 7 heteroatoms. The molecule has 108 valence electrons. The van der Waals surface area contributed by atoms with E-state index in [9.17, 15) is 0 Å². The number of hydrogen-bond donors (Lipinski definition) is 1. The van der Waals surface area contributed by atoms with Crippen molar-refractivity contribution in [3.05, 3.63) is 53.8 Å². The number of para-hydroxylation sites is 1. The molecule has 1 N–H and O–H groups in total. The third kappa shape index (κ3) is 2.26. The fourth-order valence-corrected chi connectivity index (χ4v) is 3.17. The third-order valence-electron chi connectivity index (χ3n) is 3.17. The lowest BCUT2D eigenvalue weighted by molar-refractivity contribution is 0.460. The molecule has 4 aromatic rings. The van der Waals surface area contributed by atoms with Crippen LogP contribution in [0.2, 0.25) is 5.02 Å². The van der Waals surface area contributed by atoms with Crippen LogP contribution in [0.1, 0.15) is 0 Å². The largest absolute Gasteiger partial charge is 0.354 e. The zero-order chi connectivity index (χ0) is 14.9. The standard InChI is InChI=1S/C15H9ClN4OS/c16-9-3-1-5-11-13(9)15(19-21-11)20-22-12-6-2-4-10-14(12)18-8-7-17-10/h1-8H,(H,19,20). The summed E-state index contributed by atoms with van der Waals surface area (Å²) in [5, 5.41) is 5.39. The Hall–Kier alpha value is -2.31. The van der Waals surface area contributed by atoms with Crippen LogP contribution in [-0.2, 0) is 0 Å². The van der Waals surface area contributed by atoms with Crippen LogP contribution in [0.15, 0.2) is 58.2 Å². The molecule has 0 aliphatic heterocycles. The van der Waals surface area contributed by atoms with Gasteiger partial charge in [0.25, 0.3) is 0 Å². The molecule has 0 saturated heterocycles. The SMILES string of the molecule is Clc1cccc2onc(NSc3cccc4nccnc34)c12. The lowest BCUT2D eigenvalue weighted by Crippen LogP contribution is -1.90. The number of hydrogen-bond acceptors (Lipinski definition) is 6. The average molecular weight is 329 g/mol. The maximum Gasteiger partial charge on any atom is 0.189 e. The minimum Gasteiger partial charge on any atom is -0.354 e. The van der Waals surface area contributed by atoms with Gasteiger partial charge in [0.05, 0.1) is 20.8 Å². The Kier molecular flexibility index (Phi) is 3.32. The van der Waals surface area contributed by atoms with Crippen molar-refractivity contribution in [2.45, 2.75) is 4.90 Å². The number of halogens is 1. The molecular weight excluding hydrogens is 320 g/mol. The highest BCUT2D eigenvalue weighted by molar-refractivity contribution is 8.00. The van der Waals surface area contributed by atoms with Gasteiger partial charge in [-0.15, -0.1) is 0 Å². The molecule has 0 unspecified atom stereocenters. The summed E-state index contributed by atoms with van der Waals surface area (Å²) in [4.78, 5) is 9.61. The predicted molar refractivity (Wildman–Crippen MR) is 88.0 cm³/mol. The van der Waals surface area contributed by atoms with Crippen molar-refractivity contribution < 1.29 is 4.52 Å². The molecule has 2 aromatic heterocycles. The van der Waals surface area contributed by atoms with E-state index in [1.807, 2.05) is 30.3 Å². The quantitative estimate of drug-likeness (QED) is 0.557. The van der Waals surface area contributed by atoms with E-state index in [4.69, 9.17) is 16.1 Å². The zero-order valence-corrected chi connectivity index (χ0v) is 12.7. The van der Waals surface area contributed by atoms with Gasteiger partial charge in [-0.2, -0.15) is 0 Å². The minimum absolute atomic E-state index is 0.589. The molecule has 0 saturated carbocycles. The van der Waals surface area contributed by atoms with Crippen molar-refractivity contribution in [3.63, 3.8) is 0 Å². The second-order valence-corrected chi connectivity index (χ2v) is 5.78. The number of anilines is 1. The Morgan fingerprint density at radius 2 is 1.91 bits per heavy atom. The molecule has 0 spiro atoms. The Morgan fingerprint density at radius 1 is 1.05 bits per heavy atom. The van der Waals surface area contributed by atoms with Gasteiger partial charge in [0.1, 0.15) is 5.52 Å². The molecule has 0 atom stereocenters. The van der Waals surface area contributed by atoms with Gasteiger partial charge in [-0.05, 0) is 36.2 Å². The van der Waals surface area contributed by atoms with Gasteiger partial charge in [-0.3, -0.25) is 9.97 Å². The van der Waals surface area contributed by atoms with Gasteiger partial charge >= 0.3 is 0 Å². The van der Waals surface area contributed by atoms with Crippen LogP contribution in [0, 0.1) is 0 Å². The van der Waals surface area contributed by atoms with Crippen LogP contribution < -0.4 is 4.72 Å². The van der Waals surface area contributed by atoms with Crippen molar-refractivity contribution in [2.24, 2.45) is 0 Å². The highest BCUT2D eigenvalue weighted by atomic mass is 35.5. The molecule has 0 aliphatic rings. The van der Waals surface area contributed by atoms with Gasteiger partial charge in [-0.1, -0.05) is 28.9 Å². The van der Waals surface area contributed by atoms with Crippen LogP contribution >= 0.6 is 23.5 Å². The van der Waals surface area contributed by atoms with E-state index in [1.54, 1.807) is 18.5 Å². The van der Waals surface area contributed by atoms with Crippen LogP contribution in [0.3, 0.4) is 0 Å². The van der Waals surface area contributed by atoms with Crippen molar-refractivity contribution in [1.82, 2.24) is 15.1 Å². The average Bonchev–Trinajstić information content (AvgIpc) is 2.97. The normalized spacial score (nSPS) is 11.1. The molecule has 5 nitrogen and oxygen atoms in total. The number of aromatic nitrogens is 3. The van der Waals surface area contributed by atoms with Crippen molar-refractivity contribution >= 4 is 51.4 Å². The monoisotopic (exact) mass is 328 g/mol. The van der Waals surface area contributed by atoms with Crippen molar-refractivity contribution in [2.75, 3.05) is 4.72 Å². The Balaban J connectivity index is 1.69. The second-order valence-electron chi connectivity index (χ2n) is 4.53. The first-order valence-corrected chi connectivity index (χ1v) is 7.69. The second kappa shape index (κ2) is 5.47. The zero-order valence-electron chi connectivity index (χ0n) is 11.2. The lowest BCUT2D eigenvalue weighted by atomic mass is 10.2. The van der Waals surface area contributed by atoms with E-state index in [-0.39, 0.29) is 0 Å². The van der Waals surface area contributed by atoms with E-state index < -0.39 is 0 Å². The fraction of sp³-hybridized carbons (Fsp3) is 0. The Morgan fingerprint density at radius 3 is 2.86 bits per heavy atom. The maximum atomic E-state index is 6.21. The molecule has 0 fully saturated rings. The number of fused-ring (bicyclic) bond motifs is 2. The van der Waals surface area contributed by atoms with Crippen LogP contribution in [-0.4, -0.2) is 15.1 Å². The first kappa shape index (κ1) is 13.4. The number of nitrogens with one attached hydrogen (secondary N) is 1. The molecule has 0 radical (unpaired) electrons. The first-order valence-electron chi connectivity index (χ1n) is 6.49. The van der Waals surface area contributed by atoms with Crippen LogP contribution in [0.4, 0.5) is 5.82 Å². The fourth-order valence-electron chi connectivity index (χ4n) is 2.17. The summed E-state index contributed by atoms with van der Waals surface area (Å²) in [7, 11) is 0. The molecule has 4 rings (SSSR count).